The Hall–Kier alpha value is -1.21. The molecule has 0 saturated heterocycles. The van der Waals surface area contributed by atoms with Crippen LogP contribution in [0.2, 0.25) is 5.15 Å². The summed E-state index contributed by atoms with van der Waals surface area (Å²) in [6, 6.07) is 6.38. The molecule has 1 aromatic carbocycles. The molecule has 0 aliphatic heterocycles. The Kier molecular flexibility index (Phi) is 3.82. The summed E-state index contributed by atoms with van der Waals surface area (Å²) in [5.41, 5.74) is 0. The zero-order valence-electron chi connectivity index (χ0n) is 9.30. The molecule has 0 fully saturated rings. The molecular formula is C11H11ClN2O3S. The van der Waals surface area contributed by atoms with E-state index in [0.717, 1.165) is 0 Å². The van der Waals surface area contributed by atoms with Crippen LogP contribution in [-0.4, -0.2) is 31.7 Å². The second kappa shape index (κ2) is 5.19. The van der Waals surface area contributed by atoms with E-state index in [1.807, 2.05) is 0 Å². The number of aliphatic hydroxyl groups excluding tert-OH is 1. The molecule has 0 bridgehead atoms. The van der Waals surface area contributed by atoms with E-state index in [0.29, 0.717) is 10.8 Å². The summed E-state index contributed by atoms with van der Waals surface area (Å²) >= 11 is 5.92. The van der Waals surface area contributed by atoms with E-state index in [9.17, 15) is 8.42 Å². The van der Waals surface area contributed by atoms with Gasteiger partial charge in [-0.1, -0.05) is 23.7 Å². The summed E-state index contributed by atoms with van der Waals surface area (Å²) in [4.78, 5) is 4.03. The molecule has 2 N–H and O–H groups in total. The first kappa shape index (κ1) is 13.2. The number of hydrogen-bond acceptors (Lipinski definition) is 4. The van der Waals surface area contributed by atoms with Crippen LogP contribution in [0.5, 0.6) is 0 Å². The maximum absolute atomic E-state index is 12.0. The van der Waals surface area contributed by atoms with Crippen LogP contribution in [0.3, 0.4) is 0 Å². The van der Waals surface area contributed by atoms with E-state index in [1.54, 1.807) is 18.2 Å². The number of rotatable bonds is 4. The summed E-state index contributed by atoms with van der Waals surface area (Å²) in [5, 5.41) is 10.0. The van der Waals surface area contributed by atoms with Crippen LogP contribution in [0, 0.1) is 0 Å². The predicted octanol–water partition coefficient (Wildman–Crippen LogP) is 1.16. The quantitative estimate of drug-likeness (QED) is 0.827. The summed E-state index contributed by atoms with van der Waals surface area (Å²) in [5.74, 6) is 0. The van der Waals surface area contributed by atoms with Gasteiger partial charge in [-0.2, -0.15) is 0 Å². The van der Waals surface area contributed by atoms with E-state index in [2.05, 4.69) is 9.71 Å². The Bertz CT molecular complexity index is 673. The fourth-order valence-corrected chi connectivity index (χ4v) is 3.10. The highest BCUT2D eigenvalue weighted by molar-refractivity contribution is 7.89. The Labute approximate surface area is 109 Å². The third kappa shape index (κ3) is 2.46. The van der Waals surface area contributed by atoms with Crippen molar-refractivity contribution in [3.63, 3.8) is 0 Å². The normalized spacial score (nSPS) is 11.9. The molecular weight excluding hydrogens is 276 g/mol. The minimum Gasteiger partial charge on any atom is -0.395 e. The zero-order chi connectivity index (χ0) is 13.2. The number of sulfonamides is 1. The van der Waals surface area contributed by atoms with E-state index in [1.165, 1.54) is 12.3 Å². The van der Waals surface area contributed by atoms with Gasteiger partial charge >= 0.3 is 0 Å². The molecule has 5 nitrogen and oxygen atoms in total. The molecule has 0 amide bonds. The lowest BCUT2D eigenvalue weighted by Crippen LogP contribution is -2.26. The fourth-order valence-electron chi connectivity index (χ4n) is 1.63. The Morgan fingerprint density at radius 3 is 2.78 bits per heavy atom. The molecule has 18 heavy (non-hydrogen) atoms. The first-order chi connectivity index (χ1) is 8.56. The monoisotopic (exact) mass is 286 g/mol. The van der Waals surface area contributed by atoms with Crippen molar-refractivity contribution in [2.45, 2.75) is 4.90 Å². The van der Waals surface area contributed by atoms with Gasteiger partial charge in [-0.25, -0.2) is 18.1 Å². The molecule has 7 heteroatoms. The van der Waals surface area contributed by atoms with Crippen LogP contribution >= 0.6 is 11.6 Å². The third-order valence-electron chi connectivity index (χ3n) is 2.41. The summed E-state index contributed by atoms with van der Waals surface area (Å²) in [7, 11) is -3.66. The van der Waals surface area contributed by atoms with Gasteiger partial charge in [0.1, 0.15) is 5.15 Å². The molecule has 0 spiro atoms. The first-order valence-electron chi connectivity index (χ1n) is 5.20. The highest BCUT2D eigenvalue weighted by atomic mass is 35.5. The molecule has 1 heterocycles. The Morgan fingerprint density at radius 2 is 2.06 bits per heavy atom. The number of fused-ring (bicyclic) bond motifs is 1. The Balaban J connectivity index is 2.62. The number of aromatic nitrogens is 1. The molecule has 0 atom stereocenters. The van der Waals surface area contributed by atoms with E-state index in [4.69, 9.17) is 16.7 Å². The van der Waals surface area contributed by atoms with Crippen LogP contribution in [0.25, 0.3) is 10.8 Å². The minimum atomic E-state index is -3.66. The van der Waals surface area contributed by atoms with E-state index >= 15 is 0 Å². The number of benzene rings is 1. The van der Waals surface area contributed by atoms with Gasteiger partial charge in [0, 0.05) is 23.5 Å². The van der Waals surface area contributed by atoms with Crippen molar-refractivity contribution >= 4 is 32.4 Å². The third-order valence-corrected chi connectivity index (χ3v) is 4.23. The summed E-state index contributed by atoms with van der Waals surface area (Å²) in [6.45, 7) is -0.288. The lowest BCUT2D eigenvalue weighted by atomic mass is 10.2. The van der Waals surface area contributed by atoms with Gasteiger partial charge in [0.15, 0.2) is 0 Å². The number of hydrogen-bond donors (Lipinski definition) is 2. The van der Waals surface area contributed by atoms with E-state index in [-0.39, 0.29) is 23.2 Å². The molecule has 1 aromatic heterocycles. The highest BCUT2D eigenvalue weighted by Gasteiger charge is 2.17. The van der Waals surface area contributed by atoms with Gasteiger partial charge in [0.05, 0.1) is 11.5 Å². The van der Waals surface area contributed by atoms with Crippen LogP contribution in [-0.2, 0) is 10.0 Å². The van der Waals surface area contributed by atoms with Crippen LogP contribution in [0.1, 0.15) is 0 Å². The number of halogens is 1. The minimum absolute atomic E-state index is 0.0302. The lowest BCUT2D eigenvalue weighted by molar-refractivity contribution is 0.301. The summed E-state index contributed by atoms with van der Waals surface area (Å²) < 4.78 is 26.4. The van der Waals surface area contributed by atoms with Crippen molar-refractivity contribution < 1.29 is 13.5 Å². The first-order valence-corrected chi connectivity index (χ1v) is 7.06. The Morgan fingerprint density at radius 1 is 1.28 bits per heavy atom. The maximum Gasteiger partial charge on any atom is 0.241 e. The highest BCUT2D eigenvalue weighted by Crippen LogP contribution is 2.26. The zero-order valence-corrected chi connectivity index (χ0v) is 10.9. The fraction of sp³-hybridized carbons (Fsp3) is 0.182. The molecule has 0 aliphatic rings. The van der Waals surface area contributed by atoms with Crippen LogP contribution in [0.15, 0.2) is 35.4 Å². The van der Waals surface area contributed by atoms with Gasteiger partial charge in [0.25, 0.3) is 0 Å². The lowest BCUT2D eigenvalue weighted by Gasteiger charge is -2.09. The number of aliphatic hydroxyl groups is 1. The second-order valence-corrected chi connectivity index (χ2v) is 5.67. The van der Waals surface area contributed by atoms with E-state index < -0.39 is 10.0 Å². The molecule has 0 unspecified atom stereocenters. The van der Waals surface area contributed by atoms with Gasteiger partial charge in [0.2, 0.25) is 10.0 Å². The van der Waals surface area contributed by atoms with Crippen LogP contribution < -0.4 is 4.72 Å². The average Bonchev–Trinajstić information content (AvgIpc) is 2.36. The largest absolute Gasteiger partial charge is 0.395 e. The van der Waals surface area contributed by atoms with Crippen molar-refractivity contribution in [1.82, 2.24) is 9.71 Å². The molecule has 2 rings (SSSR count). The van der Waals surface area contributed by atoms with Gasteiger partial charge in [-0.3, -0.25) is 0 Å². The average molecular weight is 287 g/mol. The van der Waals surface area contributed by atoms with Crippen molar-refractivity contribution in [1.29, 1.82) is 0 Å². The van der Waals surface area contributed by atoms with Gasteiger partial charge in [-0.15, -0.1) is 0 Å². The number of pyridine rings is 1. The van der Waals surface area contributed by atoms with Crippen molar-refractivity contribution in [2.75, 3.05) is 13.2 Å². The number of nitrogens with zero attached hydrogens (tertiary/aromatic N) is 1. The molecule has 2 aromatic rings. The van der Waals surface area contributed by atoms with Gasteiger partial charge < -0.3 is 5.11 Å². The SMILES string of the molecule is O=S(=O)(NCCO)c1cccc2c(Cl)nccc12. The number of nitrogens with one attached hydrogen (secondary N) is 1. The van der Waals surface area contributed by atoms with Crippen LogP contribution in [0.4, 0.5) is 0 Å². The van der Waals surface area contributed by atoms with Crippen molar-refractivity contribution in [3.8, 4) is 0 Å². The second-order valence-electron chi connectivity index (χ2n) is 3.57. The standard InChI is InChI=1S/C11H11ClN2O3S/c12-11-9-2-1-3-10(8(9)4-5-13-11)18(16,17)14-6-7-15/h1-5,14-15H,6-7H2. The smallest absolute Gasteiger partial charge is 0.241 e. The molecule has 96 valence electrons. The summed E-state index contributed by atoms with van der Waals surface area (Å²) in [6.07, 6.45) is 1.45. The molecule has 0 saturated carbocycles. The van der Waals surface area contributed by atoms with Crippen molar-refractivity contribution in [2.24, 2.45) is 0 Å². The molecule has 0 aliphatic carbocycles. The predicted molar refractivity (Wildman–Crippen MR) is 69.0 cm³/mol. The molecule has 0 radical (unpaired) electrons. The maximum atomic E-state index is 12.0. The van der Waals surface area contributed by atoms with Gasteiger partial charge in [-0.05, 0) is 12.1 Å². The van der Waals surface area contributed by atoms with Crippen molar-refractivity contribution in [3.05, 3.63) is 35.6 Å². The topological polar surface area (TPSA) is 79.3 Å².